The van der Waals surface area contributed by atoms with Gasteiger partial charge in [0, 0.05) is 57.5 Å². The van der Waals surface area contributed by atoms with E-state index in [0.717, 1.165) is 72.3 Å². The van der Waals surface area contributed by atoms with Crippen molar-refractivity contribution in [2.75, 3.05) is 26.8 Å². The minimum atomic E-state index is -1.37. The van der Waals surface area contributed by atoms with Gasteiger partial charge in [0.2, 0.25) is 17.7 Å². The van der Waals surface area contributed by atoms with Crippen LogP contribution in [0.4, 0.5) is 4.79 Å². The van der Waals surface area contributed by atoms with Gasteiger partial charge in [-0.2, -0.15) is 0 Å². The van der Waals surface area contributed by atoms with Crippen LogP contribution in [0.5, 0.6) is 5.88 Å². The standard InChI is InChI=1S/C44H62N6O7Si/c1-9-32(51)13-11-10-12-14-35(47-39(52)34-27-44(34)17-20-49(21-18-44)42(53)57-43(2,3)4)38-46-28-37(50(38)29-55-23-24-58(6,7)8)33-25-30-15-16-31(40-45-19-22-56-40)26-36(30)48-41(33)54-5/h15-16,19,22,25-26,28,34-35H,9-14,17-18,20-21,23-24,27,29H2,1-8H3,(H,47,52)/t34-,35+/m1/s1. The van der Waals surface area contributed by atoms with E-state index in [1.54, 1.807) is 24.5 Å². The summed E-state index contributed by atoms with van der Waals surface area (Å²) < 4.78 is 25.5. The molecule has 314 valence electrons. The van der Waals surface area contributed by atoms with Crippen LogP contribution in [0.2, 0.25) is 25.7 Å². The summed E-state index contributed by atoms with van der Waals surface area (Å²) in [7, 11) is 0.241. The van der Waals surface area contributed by atoms with E-state index < -0.39 is 19.7 Å². The number of pyridine rings is 1. The van der Waals surface area contributed by atoms with Gasteiger partial charge in [-0.1, -0.05) is 45.5 Å². The Bertz CT molecular complexity index is 2040. The van der Waals surface area contributed by atoms with Gasteiger partial charge in [-0.25, -0.2) is 19.7 Å². The number of amides is 2. The summed E-state index contributed by atoms with van der Waals surface area (Å²) >= 11 is 0. The molecule has 4 heterocycles. The molecule has 1 N–H and O–H groups in total. The zero-order chi connectivity index (χ0) is 41.7. The molecule has 58 heavy (non-hydrogen) atoms. The molecule has 2 atom stereocenters. The first kappa shape index (κ1) is 43.0. The van der Waals surface area contributed by atoms with Crippen LogP contribution < -0.4 is 10.1 Å². The number of ketones is 1. The molecule has 0 radical (unpaired) electrons. The van der Waals surface area contributed by atoms with Crippen molar-refractivity contribution in [1.29, 1.82) is 0 Å². The molecule has 2 aliphatic rings. The molecule has 0 unspecified atom stereocenters. The Morgan fingerprint density at radius 1 is 1.07 bits per heavy atom. The zero-order valence-corrected chi connectivity index (χ0v) is 36.7. The van der Waals surface area contributed by atoms with Gasteiger partial charge in [-0.15, -0.1) is 0 Å². The van der Waals surface area contributed by atoms with E-state index in [1.807, 2.05) is 52.1 Å². The number of hydrogen-bond acceptors (Lipinski definition) is 10. The number of unbranched alkanes of at least 4 members (excludes halogenated alkanes) is 2. The van der Waals surface area contributed by atoms with Crippen LogP contribution in [0, 0.1) is 11.3 Å². The molecule has 3 aromatic heterocycles. The smallest absolute Gasteiger partial charge is 0.410 e. The third-order valence-electron chi connectivity index (χ3n) is 11.4. The van der Waals surface area contributed by atoms with Crippen molar-refractivity contribution in [2.24, 2.45) is 11.3 Å². The number of methoxy groups -OCH3 is 1. The molecule has 13 nitrogen and oxygen atoms in total. The number of likely N-dealkylation sites (tertiary alicyclic amines) is 1. The molecule has 1 aliphatic heterocycles. The Morgan fingerprint density at radius 3 is 2.52 bits per heavy atom. The number of nitrogens with zero attached hydrogens (tertiary/aromatic N) is 5. The van der Waals surface area contributed by atoms with Gasteiger partial charge in [0.1, 0.15) is 30.2 Å². The highest BCUT2D eigenvalue weighted by molar-refractivity contribution is 6.76. The number of nitrogens with one attached hydrogen (secondary N) is 1. The maximum atomic E-state index is 14.2. The van der Waals surface area contributed by atoms with Crippen molar-refractivity contribution in [3.05, 3.63) is 48.7 Å². The first-order valence-electron chi connectivity index (χ1n) is 20.9. The summed E-state index contributed by atoms with van der Waals surface area (Å²) in [4.78, 5) is 55.1. The number of carbonyl (C=O) groups is 3. The highest BCUT2D eigenvalue weighted by atomic mass is 28.3. The molecule has 1 saturated heterocycles. The summed E-state index contributed by atoms with van der Waals surface area (Å²) in [5, 5.41) is 4.34. The maximum Gasteiger partial charge on any atom is 0.410 e. The van der Waals surface area contributed by atoms with Crippen LogP contribution >= 0.6 is 0 Å². The SMILES string of the molecule is CCC(=O)CCCCC[C@H](NC(=O)[C@H]1CC12CCN(C(=O)OC(C)(C)C)CC2)c1ncc(-c2cc3ccc(-c4ncco4)cc3nc2OC)n1COCC[Si](C)(C)C. The second-order valence-electron chi connectivity index (χ2n) is 18.2. The molecule has 4 aromatic rings. The van der Waals surface area contributed by atoms with Crippen molar-refractivity contribution in [3.8, 4) is 28.6 Å². The van der Waals surface area contributed by atoms with E-state index in [1.165, 1.54) is 0 Å². The Labute approximate surface area is 343 Å². The Balaban J connectivity index is 1.28. The van der Waals surface area contributed by atoms with E-state index in [-0.39, 0.29) is 35.8 Å². The monoisotopic (exact) mass is 814 g/mol. The van der Waals surface area contributed by atoms with Crippen LogP contribution in [-0.2, 0) is 25.8 Å². The number of piperidine rings is 1. The van der Waals surface area contributed by atoms with E-state index in [4.69, 9.17) is 28.6 Å². The largest absolute Gasteiger partial charge is 0.480 e. The number of hydrogen-bond donors (Lipinski definition) is 1. The minimum Gasteiger partial charge on any atom is -0.480 e. The summed E-state index contributed by atoms with van der Waals surface area (Å²) in [5.74, 6) is 1.80. The van der Waals surface area contributed by atoms with Gasteiger partial charge < -0.3 is 33.4 Å². The molecule has 6 rings (SSSR count). The van der Waals surface area contributed by atoms with Gasteiger partial charge in [-0.05, 0) is 82.5 Å². The van der Waals surface area contributed by atoms with E-state index in [0.29, 0.717) is 56.6 Å². The third kappa shape index (κ3) is 10.7. The number of rotatable bonds is 18. The normalized spacial score (nSPS) is 17.0. The lowest BCUT2D eigenvalue weighted by atomic mass is 9.90. The first-order valence-corrected chi connectivity index (χ1v) is 24.6. The predicted octanol–water partition coefficient (Wildman–Crippen LogP) is 9.20. The second kappa shape index (κ2) is 18.1. The second-order valence-corrected chi connectivity index (χ2v) is 23.8. The molecule has 1 aliphatic carbocycles. The number of ether oxygens (including phenoxy) is 3. The minimum absolute atomic E-state index is 0.0134. The van der Waals surface area contributed by atoms with Crippen molar-refractivity contribution in [1.82, 2.24) is 29.7 Å². The number of fused-ring (bicyclic) bond motifs is 1. The lowest BCUT2D eigenvalue weighted by Gasteiger charge is -2.34. The van der Waals surface area contributed by atoms with Gasteiger partial charge >= 0.3 is 6.09 Å². The summed E-state index contributed by atoms with van der Waals surface area (Å²) in [6, 6.07) is 8.54. The van der Waals surface area contributed by atoms with Crippen LogP contribution in [0.1, 0.15) is 97.3 Å². The molecule has 0 bridgehead atoms. The molecule has 1 spiro atoms. The molecule has 2 amide bonds. The molecule has 2 fully saturated rings. The predicted molar refractivity (Wildman–Crippen MR) is 226 cm³/mol. The molecular formula is C44H62N6O7Si. The van der Waals surface area contributed by atoms with Crippen LogP contribution in [0.25, 0.3) is 33.6 Å². The lowest BCUT2D eigenvalue weighted by Crippen LogP contribution is -2.43. The number of oxazole rings is 1. The van der Waals surface area contributed by atoms with E-state index >= 15 is 0 Å². The van der Waals surface area contributed by atoms with Crippen molar-refractivity contribution in [3.63, 3.8) is 0 Å². The van der Waals surface area contributed by atoms with E-state index in [2.05, 4.69) is 40.6 Å². The number of aromatic nitrogens is 4. The third-order valence-corrected chi connectivity index (χ3v) is 13.1. The fourth-order valence-corrected chi connectivity index (χ4v) is 8.59. The number of Topliss-reactive ketones (excluding diaryl/α,β-unsaturated/α-hetero) is 1. The molecule has 14 heteroatoms. The van der Waals surface area contributed by atoms with E-state index in [9.17, 15) is 14.4 Å². The summed E-state index contributed by atoms with van der Waals surface area (Å²) in [6.45, 7) is 16.5. The van der Waals surface area contributed by atoms with Crippen molar-refractivity contribution in [2.45, 2.75) is 130 Å². The Morgan fingerprint density at radius 2 is 1.84 bits per heavy atom. The average Bonchev–Trinajstić information content (AvgIpc) is 3.48. The zero-order valence-electron chi connectivity index (χ0n) is 35.7. The van der Waals surface area contributed by atoms with Gasteiger partial charge in [-0.3, -0.25) is 9.59 Å². The number of imidazole rings is 1. The van der Waals surface area contributed by atoms with Gasteiger partial charge in [0.15, 0.2) is 0 Å². The highest BCUT2D eigenvalue weighted by Crippen LogP contribution is 2.59. The topological polar surface area (TPSA) is 151 Å². The molecule has 1 saturated carbocycles. The molecular weight excluding hydrogens is 753 g/mol. The van der Waals surface area contributed by atoms with Gasteiger partial charge in [0.25, 0.3) is 0 Å². The lowest BCUT2D eigenvalue weighted by molar-refractivity contribution is -0.124. The van der Waals surface area contributed by atoms with Crippen molar-refractivity contribution >= 4 is 36.8 Å². The van der Waals surface area contributed by atoms with Crippen molar-refractivity contribution < 1.29 is 33.0 Å². The highest BCUT2D eigenvalue weighted by Gasteiger charge is 2.59. The molecule has 1 aromatic carbocycles. The Hall–Kier alpha value is -4.56. The fraction of sp³-hybridized carbons (Fsp3) is 0.591. The van der Waals surface area contributed by atoms with Gasteiger partial charge in [0.05, 0.1) is 42.3 Å². The quantitative estimate of drug-likeness (QED) is 0.0761. The van der Waals surface area contributed by atoms with Crippen LogP contribution in [0.15, 0.2) is 47.3 Å². The summed E-state index contributed by atoms with van der Waals surface area (Å²) in [5.41, 5.74) is 2.40. The fourth-order valence-electron chi connectivity index (χ4n) is 7.83. The number of benzene rings is 1. The van der Waals surface area contributed by atoms with Crippen LogP contribution in [0.3, 0.4) is 0 Å². The average molecular weight is 815 g/mol. The summed E-state index contributed by atoms with van der Waals surface area (Å²) in [6.07, 6.45) is 11.3. The number of carbonyl (C=O) groups excluding carboxylic acids is 3. The first-order chi connectivity index (χ1) is 27.6. The maximum absolute atomic E-state index is 14.2. The Kier molecular flexibility index (Phi) is 13.5. The van der Waals surface area contributed by atoms with Crippen LogP contribution in [-0.4, -0.2) is 82.7 Å².